The largest absolute Gasteiger partial charge is 0.310 e. The smallest absolute Gasteiger partial charge is 0.0998 e. The van der Waals surface area contributed by atoms with Gasteiger partial charge in [0.15, 0.2) is 0 Å². The fourth-order valence-electron chi connectivity index (χ4n) is 10.5. The Hall–Kier alpha value is -8.77. The Morgan fingerprint density at radius 2 is 0.788 bits per heavy atom. The Morgan fingerprint density at radius 3 is 1.45 bits per heavy atom. The van der Waals surface area contributed by atoms with Gasteiger partial charge in [-0.05, 0) is 160 Å². The van der Waals surface area contributed by atoms with E-state index in [1.54, 1.807) is 0 Å². The van der Waals surface area contributed by atoms with Crippen molar-refractivity contribution in [3.8, 4) is 84.0 Å². The maximum absolute atomic E-state index is 10.3. The molecule has 11 aromatic carbocycles. The Morgan fingerprint density at radius 1 is 0.318 bits per heavy atom. The molecule has 0 radical (unpaired) electrons. The first-order chi connectivity index (χ1) is 32.6. The number of para-hydroxylation sites is 1. The van der Waals surface area contributed by atoms with Crippen molar-refractivity contribution < 1.29 is 0 Å². The molecule has 0 aliphatic heterocycles. The van der Waals surface area contributed by atoms with Gasteiger partial charge in [0.1, 0.15) is 0 Å². The highest BCUT2D eigenvalue weighted by Gasteiger charge is 2.31. The minimum absolute atomic E-state index is 0.646. The predicted octanol–water partition coefficient (Wildman–Crippen LogP) is 17.6. The molecule has 0 fully saturated rings. The molecular formula is C64H42N2. The molecule has 1 aliphatic rings. The molecule has 0 heterocycles. The highest BCUT2D eigenvalue weighted by molar-refractivity contribution is 6.28. The van der Waals surface area contributed by atoms with Crippen LogP contribution in [0.5, 0.6) is 0 Å². The van der Waals surface area contributed by atoms with E-state index in [-0.39, 0.29) is 0 Å². The van der Waals surface area contributed by atoms with Crippen LogP contribution in [0.3, 0.4) is 0 Å². The lowest BCUT2D eigenvalue weighted by Gasteiger charge is -2.27. The van der Waals surface area contributed by atoms with Gasteiger partial charge >= 0.3 is 0 Å². The number of anilines is 3. The van der Waals surface area contributed by atoms with Crippen LogP contribution in [-0.2, 0) is 0 Å². The van der Waals surface area contributed by atoms with Gasteiger partial charge in [0, 0.05) is 17.1 Å². The summed E-state index contributed by atoms with van der Waals surface area (Å²) in [6.07, 6.45) is 0. The molecule has 11 aromatic rings. The first-order valence-electron chi connectivity index (χ1n) is 22.6. The number of rotatable bonds is 8. The van der Waals surface area contributed by atoms with Crippen LogP contribution in [0.4, 0.5) is 17.1 Å². The molecule has 12 rings (SSSR count). The fraction of sp³-hybridized carbons (Fsp3) is 0.0156. The number of benzene rings is 11. The van der Waals surface area contributed by atoms with Crippen molar-refractivity contribution in [2.24, 2.45) is 0 Å². The van der Waals surface area contributed by atoms with E-state index >= 15 is 0 Å². The van der Waals surface area contributed by atoms with Crippen LogP contribution in [0.15, 0.2) is 237 Å². The summed E-state index contributed by atoms with van der Waals surface area (Å²) in [4.78, 5) is 2.35. The van der Waals surface area contributed by atoms with Gasteiger partial charge in [0.2, 0.25) is 0 Å². The zero-order chi connectivity index (χ0) is 44.1. The summed E-state index contributed by atoms with van der Waals surface area (Å²) in [5, 5.41) is 15.3. The number of fused-ring (bicyclic) bond motifs is 4. The minimum Gasteiger partial charge on any atom is -0.310 e. The molecular weight excluding hydrogens is 797 g/mol. The summed E-state index contributed by atoms with van der Waals surface area (Å²) in [6.45, 7) is 2.16. The Bertz CT molecular complexity index is 3620. The molecule has 2 nitrogen and oxygen atoms in total. The SMILES string of the molecule is Cc1ccccc1-c1cc(-c2ccccc2C#N)cc(N(c2ccccc2)c2cccc(-c3ccc4c5c(cccc35)-c3c-4c(-c4ccccc4)c4ccccc4c3-c3ccccc3)c2)c1. The summed E-state index contributed by atoms with van der Waals surface area (Å²) < 4.78 is 0. The highest BCUT2D eigenvalue weighted by atomic mass is 15.1. The lowest BCUT2D eigenvalue weighted by atomic mass is 9.82. The summed E-state index contributed by atoms with van der Waals surface area (Å²) >= 11 is 0. The third-order valence-corrected chi connectivity index (χ3v) is 13.3. The van der Waals surface area contributed by atoms with E-state index in [0.29, 0.717) is 5.56 Å². The molecule has 308 valence electrons. The third-order valence-electron chi connectivity index (χ3n) is 13.3. The van der Waals surface area contributed by atoms with Crippen LogP contribution < -0.4 is 4.90 Å². The van der Waals surface area contributed by atoms with Crippen molar-refractivity contribution in [2.75, 3.05) is 4.90 Å². The molecule has 2 heteroatoms. The van der Waals surface area contributed by atoms with Gasteiger partial charge in [-0.2, -0.15) is 5.26 Å². The average Bonchev–Trinajstić information content (AvgIpc) is 3.71. The lowest BCUT2D eigenvalue weighted by Crippen LogP contribution is -2.10. The molecule has 0 N–H and O–H groups in total. The van der Waals surface area contributed by atoms with Crippen molar-refractivity contribution in [3.63, 3.8) is 0 Å². The molecule has 0 aromatic heterocycles. The zero-order valence-corrected chi connectivity index (χ0v) is 36.4. The normalized spacial score (nSPS) is 11.4. The van der Waals surface area contributed by atoms with E-state index in [1.165, 1.54) is 77.2 Å². The van der Waals surface area contributed by atoms with E-state index in [4.69, 9.17) is 0 Å². The molecule has 0 unspecified atom stereocenters. The second kappa shape index (κ2) is 16.1. The molecule has 0 bridgehead atoms. The minimum atomic E-state index is 0.646. The second-order valence-corrected chi connectivity index (χ2v) is 17.1. The van der Waals surface area contributed by atoms with Gasteiger partial charge in [-0.1, -0.05) is 188 Å². The number of hydrogen-bond acceptors (Lipinski definition) is 2. The van der Waals surface area contributed by atoms with Crippen LogP contribution in [0, 0.1) is 18.3 Å². The summed E-state index contributed by atoms with van der Waals surface area (Å²) in [7, 11) is 0. The summed E-state index contributed by atoms with van der Waals surface area (Å²) in [6, 6.07) is 87.5. The van der Waals surface area contributed by atoms with Crippen LogP contribution >= 0.6 is 0 Å². The summed E-state index contributed by atoms with van der Waals surface area (Å²) in [5.74, 6) is 0. The van der Waals surface area contributed by atoms with E-state index in [1.807, 2.05) is 18.2 Å². The quantitative estimate of drug-likeness (QED) is 0.152. The average molecular weight is 839 g/mol. The number of aryl methyl sites for hydroxylation is 1. The third kappa shape index (κ3) is 6.41. The standard InChI is InChI=1S/C64H42N2/c1-42-19-11-13-29-52(42)47-37-48(53-30-14-12-24-46(53)41-65)40-51(39-47)66(49-26-9-4-10-27-49)50-28-17-25-45(38-50)54-35-36-59-62-55(54)33-18-34-58(62)63-60(43-20-5-2-6-21-43)56-31-15-16-32-57(56)61(64(59)63)44-22-7-3-8-23-44/h2-40H,1H3. The van der Waals surface area contributed by atoms with Crippen LogP contribution in [0.2, 0.25) is 0 Å². The van der Waals surface area contributed by atoms with Crippen LogP contribution in [0.1, 0.15) is 11.1 Å². The molecule has 0 saturated heterocycles. The fourth-order valence-corrected chi connectivity index (χ4v) is 10.5. The first-order valence-corrected chi connectivity index (χ1v) is 22.6. The van der Waals surface area contributed by atoms with Gasteiger partial charge in [-0.3, -0.25) is 0 Å². The van der Waals surface area contributed by atoms with E-state index in [0.717, 1.165) is 44.9 Å². The summed E-state index contributed by atoms with van der Waals surface area (Å²) in [5.41, 5.74) is 21.5. The second-order valence-electron chi connectivity index (χ2n) is 17.1. The monoisotopic (exact) mass is 838 g/mol. The molecule has 0 atom stereocenters. The Kier molecular flexibility index (Phi) is 9.48. The lowest BCUT2D eigenvalue weighted by molar-refractivity contribution is 1.28. The van der Waals surface area contributed by atoms with Gasteiger partial charge in [0.05, 0.1) is 11.6 Å². The van der Waals surface area contributed by atoms with Gasteiger partial charge in [-0.15, -0.1) is 0 Å². The number of nitriles is 1. The Balaban J connectivity index is 1.08. The van der Waals surface area contributed by atoms with Crippen molar-refractivity contribution in [1.82, 2.24) is 0 Å². The van der Waals surface area contributed by atoms with Crippen LogP contribution in [0.25, 0.3) is 99.4 Å². The van der Waals surface area contributed by atoms with Crippen molar-refractivity contribution in [1.29, 1.82) is 5.26 Å². The van der Waals surface area contributed by atoms with Crippen molar-refractivity contribution in [2.45, 2.75) is 6.92 Å². The van der Waals surface area contributed by atoms with Gasteiger partial charge in [-0.25, -0.2) is 0 Å². The van der Waals surface area contributed by atoms with Crippen molar-refractivity contribution >= 4 is 38.6 Å². The van der Waals surface area contributed by atoms with E-state index < -0.39 is 0 Å². The van der Waals surface area contributed by atoms with Gasteiger partial charge in [0.25, 0.3) is 0 Å². The maximum Gasteiger partial charge on any atom is 0.0998 e. The van der Waals surface area contributed by atoms with Crippen molar-refractivity contribution in [3.05, 3.63) is 248 Å². The van der Waals surface area contributed by atoms with Crippen LogP contribution in [-0.4, -0.2) is 0 Å². The maximum atomic E-state index is 10.3. The number of hydrogen-bond donors (Lipinski definition) is 0. The molecule has 0 saturated carbocycles. The first kappa shape index (κ1) is 38.9. The molecule has 0 amide bonds. The zero-order valence-electron chi connectivity index (χ0n) is 36.4. The highest BCUT2D eigenvalue weighted by Crippen LogP contribution is 2.58. The number of nitrogens with zero attached hydrogens (tertiary/aromatic N) is 2. The molecule has 0 spiro atoms. The topological polar surface area (TPSA) is 27.0 Å². The van der Waals surface area contributed by atoms with Gasteiger partial charge < -0.3 is 4.90 Å². The van der Waals surface area contributed by atoms with E-state index in [2.05, 4.69) is 236 Å². The predicted molar refractivity (Wildman–Crippen MR) is 277 cm³/mol. The molecule has 1 aliphatic carbocycles. The molecule has 66 heavy (non-hydrogen) atoms. The Labute approximate surface area is 385 Å². The van der Waals surface area contributed by atoms with E-state index in [9.17, 15) is 5.26 Å².